The van der Waals surface area contributed by atoms with Crippen molar-refractivity contribution < 1.29 is 9.90 Å². The van der Waals surface area contributed by atoms with E-state index in [4.69, 9.17) is 0 Å². The smallest absolute Gasteiger partial charge is 0.185 e. The minimum atomic E-state index is -0.272. The highest BCUT2D eigenvalue weighted by Gasteiger charge is 2.20. The number of hydrogen-bond donors (Lipinski definition) is 2. The second-order valence-corrected chi connectivity index (χ2v) is 5.10. The molecule has 0 spiro atoms. The van der Waals surface area contributed by atoms with Gasteiger partial charge in [-0.25, -0.2) is 4.98 Å². The number of carbonyl (C=O) groups excluding carboxylic acids is 1. The molecular weight excluding hydrogens is 240 g/mol. The van der Waals surface area contributed by atoms with Crippen LogP contribution in [0.1, 0.15) is 37.4 Å². The van der Waals surface area contributed by atoms with Crippen LogP contribution in [0.25, 0.3) is 23.4 Å². The first kappa shape index (κ1) is 12.0. The maximum atomic E-state index is 10.8. The van der Waals surface area contributed by atoms with Crippen LogP contribution >= 0.6 is 0 Å². The zero-order valence-corrected chi connectivity index (χ0v) is 10.6. The number of nitrogens with one attached hydrogen (secondary N) is 1. The standard InChI is InChI=1S/C15H16N2O2/c1-9-6-7-11(12(19)8-18)14-13(9)16-15(17-14)10-4-2-3-5-10/h6-8,10,19H,1-5H2,(H,16,17). The van der Waals surface area contributed by atoms with Crippen molar-refractivity contribution in [2.24, 2.45) is 0 Å². The van der Waals surface area contributed by atoms with Crippen molar-refractivity contribution in [3.05, 3.63) is 28.4 Å². The Kier molecular flexibility index (Phi) is 2.85. The Labute approximate surface area is 110 Å². The minimum Gasteiger partial charge on any atom is -0.504 e. The fourth-order valence-electron chi connectivity index (χ4n) is 2.83. The molecule has 1 aliphatic carbocycles. The largest absolute Gasteiger partial charge is 0.504 e. The zero-order valence-electron chi connectivity index (χ0n) is 10.6. The van der Waals surface area contributed by atoms with Crippen LogP contribution in [0.15, 0.2) is 12.1 Å². The lowest BCUT2D eigenvalue weighted by molar-refractivity contribution is -0.104. The number of benzene rings is 1. The van der Waals surface area contributed by atoms with Crippen molar-refractivity contribution in [3.63, 3.8) is 0 Å². The van der Waals surface area contributed by atoms with Gasteiger partial charge in [-0.15, -0.1) is 0 Å². The molecule has 2 aromatic rings. The molecule has 1 heterocycles. The molecule has 19 heavy (non-hydrogen) atoms. The predicted octanol–water partition coefficient (Wildman–Crippen LogP) is 1.50. The number of nitrogens with zero attached hydrogens (tertiary/aromatic N) is 1. The molecule has 4 nitrogen and oxygen atoms in total. The van der Waals surface area contributed by atoms with Crippen molar-refractivity contribution in [2.75, 3.05) is 0 Å². The average Bonchev–Trinajstić information content (AvgIpc) is 3.07. The lowest BCUT2D eigenvalue weighted by Gasteiger charge is -2.02. The van der Waals surface area contributed by atoms with Gasteiger partial charge in [0, 0.05) is 11.1 Å². The van der Waals surface area contributed by atoms with Gasteiger partial charge in [0.05, 0.1) is 11.0 Å². The van der Waals surface area contributed by atoms with Crippen LogP contribution in [-0.2, 0) is 4.79 Å². The topological polar surface area (TPSA) is 66.0 Å². The maximum Gasteiger partial charge on any atom is 0.185 e. The van der Waals surface area contributed by atoms with E-state index in [1.165, 1.54) is 12.8 Å². The molecule has 1 aromatic heterocycles. The molecule has 0 unspecified atom stereocenters. The molecule has 4 heteroatoms. The van der Waals surface area contributed by atoms with Gasteiger partial charge in [0.1, 0.15) is 5.82 Å². The molecule has 1 fully saturated rings. The molecule has 0 amide bonds. The number of imidazole rings is 1. The van der Waals surface area contributed by atoms with Crippen molar-refractivity contribution >= 4 is 29.7 Å². The summed E-state index contributed by atoms with van der Waals surface area (Å²) in [4.78, 5) is 18.6. The van der Waals surface area contributed by atoms with Gasteiger partial charge in [-0.1, -0.05) is 25.5 Å². The van der Waals surface area contributed by atoms with Crippen LogP contribution < -0.4 is 10.4 Å². The summed E-state index contributed by atoms with van der Waals surface area (Å²) in [6.45, 7) is 3.95. The molecule has 0 saturated heterocycles. The van der Waals surface area contributed by atoms with E-state index >= 15 is 0 Å². The highest BCUT2D eigenvalue weighted by Crippen LogP contribution is 2.32. The third-order valence-electron chi connectivity index (χ3n) is 3.88. The summed E-state index contributed by atoms with van der Waals surface area (Å²) in [6, 6.07) is 3.47. The number of aromatic nitrogens is 2. The van der Waals surface area contributed by atoms with E-state index in [1.807, 2.05) is 0 Å². The SMILES string of the molecule is C=c1ccc(=C(O)C=O)c2[nH]c(C3CCCC3)nc12. The van der Waals surface area contributed by atoms with Gasteiger partial charge >= 0.3 is 0 Å². The molecule has 1 aromatic carbocycles. The monoisotopic (exact) mass is 256 g/mol. The lowest BCUT2D eigenvalue weighted by atomic mass is 10.1. The number of aliphatic hydroxyl groups excluding tert-OH is 1. The van der Waals surface area contributed by atoms with E-state index < -0.39 is 0 Å². The number of aromatic amines is 1. The fraction of sp³-hybridized carbons (Fsp3) is 0.333. The van der Waals surface area contributed by atoms with Gasteiger partial charge in [0.2, 0.25) is 0 Å². The first-order chi connectivity index (χ1) is 9.20. The Morgan fingerprint density at radius 3 is 2.84 bits per heavy atom. The van der Waals surface area contributed by atoms with Crippen LogP contribution in [0, 0.1) is 0 Å². The summed E-state index contributed by atoms with van der Waals surface area (Å²) in [5.74, 6) is 1.13. The van der Waals surface area contributed by atoms with Gasteiger partial charge in [-0.05, 0) is 24.1 Å². The quantitative estimate of drug-likeness (QED) is 0.800. The molecule has 2 N–H and O–H groups in total. The van der Waals surface area contributed by atoms with Gasteiger partial charge in [0.15, 0.2) is 12.0 Å². The second-order valence-electron chi connectivity index (χ2n) is 5.10. The summed E-state index contributed by atoms with van der Waals surface area (Å²) >= 11 is 0. The lowest BCUT2D eigenvalue weighted by Crippen LogP contribution is -2.13. The van der Waals surface area contributed by atoms with E-state index in [0.717, 1.165) is 29.4 Å². The van der Waals surface area contributed by atoms with Crippen LogP contribution in [-0.4, -0.2) is 21.4 Å². The van der Waals surface area contributed by atoms with Gasteiger partial charge in [-0.3, -0.25) is 4.79 Å². The van der Waals surface area contributed by atoms with E-state index in [2.05, 4.69) is 16.5 Å². The summed E-state index contributed by atoms with van der Waals surface area (Å²) in [7, 11) is 0. The van der Waals surface area contributed by atoms with Gasteiger partial charge < -0.3 is 10.1 Å². The highest BCUT2D eigenvalue weighted by atomic mass is 16.3. The van der Waals surface area contributed by atoms with Crippen LogP contribution in [0.3, 0.4) is 0 Å². The van der Waals surface area contributed by atoms with Crippen LogP contribution in [0.2, 0.25) is 0 Å². The molecule has 3 rings (SSSR count). The number of aldehydes is 1. The first-order valence-corrected chi connectivity index (χ1v) is 6.56. The summed E-state index contributed by atoms with van der Waals surface area (Å²) in [5.41, 5.74) is 1.45. The third kappa shape index (κ3) is 1.93. The van der Waals surface area contributed by atoms with Crippen molar-refractivity contribution in [1.29, 1.82) is 0 Å². The Morgan fingerprint density at radius 2 is 2.16 bits per heavy atom. The minimum absolute atomic E-state index is 0.272. The van der Waals surface area contributed by atoms with Gasteiger partial charge in [0.25, 0.3) is 0 Å². The molecule has 0 atom stereocenters. The zero-order chi connectivity index (χ0) is 13.4. The molecule has 0 radical (unpaired) electrons. The van der Waals surface area contributed by atoms with Gasteiger partial charge in [-0.2, -0.15) is 0 Å². The van der Waals surface area contributed by atoms with Crippen molar-refractivity contribution in [3.8, 4) is 0 Å². The van der Waals surface area contributed by atoms with Crippen molar-refractivity contribution in [1.82, 2.24) is 9.97 Å². The number of rotatable bonds is 2. The van der Waals surface area contributed by atoms with Crippen molar-refractivity contribution in [2.45, 2.75) is 31.6 Å². The van der Waals surface area contributed by atoms with E-state index in [0.29, 0.717) is 22.9 Å². The summed E-state index contributed by atoms with van der Waals surface area (Å²) in [5, 5.41) is 11.0. The second kappa shape index (κ2) is 4.53. The number of H-pyrrole nitrogens is 1. The number of carbonyl (C=O) groups is 1. The first-order valence-electron chi connectivity index (χ1n) is 6.56. The molecule has 98 valence electrons. The molecule has 1 aliphatic rings. The maximum absolute atomic E-state index is 10.8. The van der Waals surface area contributed by atoms with Crippen LogP contribution in [0.4, 0.5) is 0 Å². The molecule has 1 saturated carbocycles. The van der Waals surface area contributed by atoms with Crippen LogP contribution in [0.5, 0.6) is 0 Å². The third-order valence-corrected chi connectivity index (χ3v) is 3.88. The fourth-order valence-corrected chi connectivity index (χ4v) is 2.83. The summed E-state index contributed by atoms with van der Waals surface area (Å²) in [6.07, 6.45) is 5.21. The number of fused-ring (bicyclic) bond motifs is 1. The Balaban J connectivity index is 2.29. The number of aliphatic hydroxyl groups is 1. The normalized spacial score (nSPS) is 17.9. The van der Waals surface area contributed by atoms with E-state index in [-0.39, 0.29) is 5.76 Å². The molecule has 0 bridgehead atoms. The van der Waals surface area contributed by atoms with E-state index in [1.54, 1.807) is 12.1 Å². The number of hydrogen-bond acceptors (Lipinski definition) is 3. The van der Waals surface area contributed by atoms with E-state index in [9.17, 15) is 9.90 Å². The predicted molar refractivity (Wildman–Crippen MR) is 74.2 cm³/mol. The Hall–Kier alpha value is -2.10. The summed E-state index contributed by atoms with van der Waals surface area (Å²) < 4.78 is 0. The Bertz CT molecular complexity index is 739. The molecule has 0 aliphatic heterocycles. The molecular formula is C15H16N2O2. The highest BCUT2D eigenvalue weighted by molar-refractivity contribution is 5.96. The average molecular weight is 256 g/mol. The Morgan fingerprint density at radius 1 is 1.42 bits per heavy atom.